The van der Waals surface area contributed by atoms with E-state index in [2.05, 4.69) is 21.0 Å². The van der Waals surface area contributed by atoms with E-state index in [0.717, 1.165) is 4.68 Å². The van der Waals surface area contributed by atoms with E-state index < -0.39 is 11.6 Å². The topological polar surface area (TPSA) is 17.8 Å². The summed E-state index contributed by atoms with van der Waals surface area (Å²) in [6.45, 7) is 0. The fraction of sp³-hybridized carbons (Fsp3) is 0.100. The molecule has 1 heterocycles. The van der Waals surface area contributed by atoms with Crippen molar-refractivity contribution in [3.05, 3.63) is 46.2 Å². The van der Waals surface area contributed by atoms with Crippen LogP contribution in [0, 0.1) is 11.6 Å². The highest BCUT2D eigenvalue weighted by Crippen LogP contribution is 2.21. The van der Waals surface area contributed by atoms with Crippen LogP contribution in [-0.2, 0) is 5.88 Å². The van der Waals surface area contributed by atoms with E-state index in [9.17, 15) is 8.78 Å². The fourth-order valence-electron chi connectivity index (χ4n) is 1.34. The molecule has 2 aromatic rings. The Balaban J connectivity index is 2.57. The first-order valence-electron chi connectivity index (χ1n) is 4.36. The van der Waals surface area contributed by atoms with Crippen molar-refractivity contribution in [3.8, 4) is 5.69 Å². The molecule has 0 fully saturated rings. The van der Waals surface area contributed by atoms with Gasteiger partial charge in [0.1, 0.15) is 5.69 Å². The van der Waals surface area contributed by atoms with E-state index in [4.69, 9.17) is 11.6 Å². The summed E-state index contributed by atoms with van der Waals surface area (Å²) < 4.78 is 29.0. The third kappa shape index (κ3) is 2.10. The lowest BCUT2D eigenvalue weighted by Crippen LogP contribution is -2.03. The summed E-state index contributed by atoms with van der Waals surface area (Å²) in [6.07, 6.45) is 2.93. The number of benzene rings is 1. The van der Waals surface area contributed by atoms with Gasteiger partial charge in [-0.2, -0.15) is 5.10 Å². The Labute approximate surface area is 104 Å². The summed E-state index contributed by atoms with van der Waals surface area (Å²) in [7, 11) is 0. The van der Waals surface area contributed by atoms with Crippen LogP contribution < -0.4 is 0 Å². The summed E-state index contributed by atoms with van der Waals surface area (Å²) in [5, 5.41) is 3.82. The molecule has 0 aliphatic rings. The number of alkyl halides is 1. The van der Waals surface area contributed by atoms with Gasteiger partial charge >= 0.3 is 0 Å². The highest BCUT2D eigenvalue weighted by Gasteiger charge is 2.13. The van der Waals surface area contributed by atoms with Gasteiger partial charge in [-0.3, -0.25) is 0 Å². The van der Waals surface area contributed by atoms with Crippen molar-refractivity contribution in [1.82, 2.24) is 9.78 Å². The van der Waals surface area contributed by atoms with Crippen molar-refractivity contribution < 1.29 is 8.78 Å². The monoisotopic (exact) mass is 306 g/mol. The van der Waals surface area contributed by atoms with Gasteiger partial charge < -0.3 is 0 Å². The molecule has 0 unspecified atom stereocenters. The Kier molecular flexibility index (Phi) is 3.25. The number of nitrogens with zero attached hydrogens (tertiary/aromatic N) is 2. The predicted octanol–water partition coefficient (Wildman–Crippen LogP) is 3.65. The average molecular weight is 308 g/mol. The summed E-state index contributed by atoms with van der Waals surface area (Å²) >= 11 is 8.67. The molecule has 0 N–H and O–H groups in total. The Morgan fingerprint density at radius 2 is 1.94 bits per heavy atom. The van der Waals surface area contributed by atoms with E-state index in [-0.39, 0.29) is 11.6 Å². The second-order valence-corrected chi connectivity index (χ2v) is 4.33. The standard InChI is InChI=1S/C10H6BrClF2N2/c11-7-4-15-16(5-7)10-8(13)1-6(3-12)2-9(10)14/h1-2,4-5H,3H2. The molecule has 0 saturated heterocycles. The minimum absolute atomic E-state index is 0.0664. The van der Waals surface area contributed by atoms with E-state index in [1.54, 1.807) is 0 Å². The van der Waals surface area contributed by atoms with Gasteiger partial charge in [-0.25, -0.2) is 13.5 Å². The number of halogens is 4. The first kappa shape index (κ1) is 11.5. The molecule has 0 saturated carbocycles. The van der Waals surface area contributed by atoms with E-state index in [0.29, 0.717) is 10.0 Å². The molecule has 0 spiro atoms. The summed E-state index contributed by atoms with van der Waals surface area (Å²) in [5.74, 6) is -1.31. The molecule has 0 amide bonds. The van der Waals surface area contributed by atoms with Crippen molar-refractivity contribution in [2.24, 2.45) is 0 Å². The van der Waals surface area contributed by atoms with Gasteiger partial charge in [0, 0.05) is 12.1 Å². The average Bonchev–Trinajstić information content (AvgIpc) is 2.63. The molecular weight excluding hydrogens is 301 g/mol. The third-order valence-corrected chi connectivity index (χ3v) is 2.73. The van der Waals surface area contributed by atoms with Crippen molar-refractivity contribution in [1.29, 1.82) is 0 Å². The molecule has 2 rings (SSSR count). The van der Waals surface area contributed by atoms with Gasteiger partial charge in [0.15, 0.2) is 11.6 Å². The van der Waals surface area contributed by atoms with Crippen LogP contribution in [0.3, 0.4) is 0 Å². The maximum atomic E-state index is 13.6. The number of aromatic nitrogens is 2. The van der Waals surface area contributed by atoms with Crippen LogP contribution in [0.1, 0.15) is 5.56 Å². The highest BCUT2D eigenvalue weighted by molar-refractivity contribution is 9.10. The molecule has 16 heavy (non-hydrogen) atoms. The maximum absolute atomic E-state index is 13.6. The van der Waals surface area contributed by atoms with Crippen LogP contribution >= 0.6 is 27.5 Å². The van der Waals surface area contributed by atoms with Gasteiger partial charge in [-0.15, -0.1) is 11.6 Å². The quantitative estimate of drug-likeness (QED) is 0.774. The van der Waals surface area contributed by atoms with Crippen molar-refractivity contribution in [2.45, 2.75) is 5.88 Å². The molecule has 1 aromatic carbocycles. The van der Waals surface area contributed by atoms with Crippen LogP contribution in [0.2, 0.25) is 0 Å². The van der Waals surface area contributed by atoms with Crippen LogP contribution in [0.15, 0.2) is 29.0 Å². The van der Waals surface area contributed by atoms with E-state index in [1.165, 1.54) is 24.5 Å². The Morgan fingerprint density at radius 1 is 1.31 bits per heavy atom. The van der Waals surface area contributed by atoms with Crippen LogP contribution in [-0.4, -0.2) is 9.78 Å². The first-order valence-corrected chi connectivity index (χ1v) is 5.69. The minimum Gasteiger partial charge on any atom is -0.234 e. The smallest absolute Gasteiger partial charge is 0.152 e. The van der Waals surface area contributed by atoms with Gasteiger partial charge in [-0.05, 0) is 33.6 Å². The van der Waals surface area contributed by atoms with E-state index >= 15 is 0 Å². The predicted molar refractivity (Wildman–Crippen MR) is 60.7 cm³/mol. The molecule has 0 radical (unpaired) electrons. The van der Waals surface area contributed by atoms with Gasteiger partial charge in [0.2, 0.25) is 0 Å². The molecular formula is C10H6BrClF2N2. The molecule has 1 aromatic heterocycles. The zero-order valence-electron chi connectivity index (χ0n) is 7.92. The largest absolute Gasteiger partial charge is 0.234 e. The lowest BCUT2D eigenvalue weighted by atomic mass is 10.2. The summed E-state index contributed by atoms with van der Waals surface area (Å²) in [6, 6.07) is 2.39. The molecule has 0 aliphatic carbocycles. The summed E-state index contributed by atoms with van der Waals surface area (Å²) in [5.41, 5.74) is 0.186. The van der Waals surface area contributed by atoms with E-state index in [1.807, 2.05) is 0 Å². The molecule has 0 aliphatic heterocycles. The normalized spacial score (nSPS) is 10.8. The van der Waals surface area contributed by atoms with Gasteiger partial charge in [0.05, 0.1) is 10.7 Å². The molecule has 0 bridgehead atoms. The fourth-order valence-corrected chi connectivity index (χ4v) is 1.78. The zero-order valence-corrected chi connectivity index (χ0v) is 10.3. The zero-order chi connectivity index (χ0) is 11.7. The SMILES string of the molecule is Fc1cc(CCl)cc(F)c1-n1cc(Br)cn1. The lowest BCUT2D eigenvalue weighted by Gasteiger charge is -2.06. The second-order valence-electron chi connectivity index (χ2n) is 3.14. The van der Waals surface area contributed by atoms with Crippen molar-refractivity contribution in [2.75, 3.05) is 0 Å². The molecule has 6 heteroatoms. The van der Waals surface area contributed by atoms with Gasteiger partial charge in [0.25, 0.3) is 0 Å². The molecule has 0 atom stereocenters. The lowest BCUT2D eigenvalue weighted by molar-refractivity contribution is 0.558. The van der Waals surface area contributed by atoms with Gasteiger partial charge in [-0.1, -0.05) is 0 Å². The first-order chi connectivity index (χ1) is 7.61. The van der Waals surface area contributed by atoms with Crippen molar-refractivity contribution >= 4 is 27.5 Å². The summed E-state index contributed by atoms with van der Waals surface area (Å²) in [4.78, 5) is 0. The Bertz CT molecular complexity index is 504. The molecule has 2 nitrogen and oxygen atoms in total. The number of hydrogen-bond donors (Lipinski definition) is 0. The Morgan fingerprint density at radius 3 is 2.38 bits per heavy atom. The van der Waals surface area contributed by atoms with Crippen molar-refractivity contribution in [3.63, 3.8) is 0 Å². The third-order valence-electron chi connectivity index (χ3n) is 2.01. The molecule has 84 valence electrons. The van der Waals surface area contributed by atoms with Crippen LogP contribution in [0.4, 0.5) is 8.78 Å². The van der Waals surface area contributed by atoms with Crippen LogP contribution in [0.25, 0.3) is 5.69 Å². The van der Waals surface area contributed by atoms with Crippen LogP contribution in [0.5, 0.6) is 0 Å². The highest BCUT2D eigenvalue weighted by atomic mass is 79.9. The number of hydrogen-bond acceptors (Lipinski definition) is 1. The second kappa shape index (κ2) is 4.51. The maximum Gasteiger partial charge on any atom is 0.152 e. The number of rotatable bonds is 2. The minimum atomic E-state index is -0.689. The Hall–Kier alpha value is -0.940.